The highest BCUT2D eigenvalue weighted by molar-refractivity contribution is 6.30. The summed E-state index contributed by atoms with van der Waals surface area (Å²) >= 11 is 6.06. The Hall–Kier alpha value is -3.16. The Bertz CT molecular complexity index is 1260. The third-order valence-corrected chi connectivity index (χ3v) is 6.74. The minimum Gasteiger partial charge on any atom is -0.476 e. The van der Waals surface area contributed by atoms with Crippen molar-refractivity contribution >= 4 is 28.5 Å². The molecule has 8 heteroatoms. The van der Waals surface area contributed by atoms with Gasteiger partial charge in [0.1, 0.15) is 0 Å². The number of hydrogen-bond donors (Lipinski definition) is 1. The topological polar surface area (TPSA) is 82.1 Å². The summed E-state index contributed by atoms with van der Waals surface area (Å²) in [5, 5.41) is 6.53. The van der Waals surface area contributed by atoms with Gasteiger partial charge < -0.3 is 15.4 Å². The summed E-state index contributed by atoms with van der Waals surface area (Å²) in [5.41, 5.74) is 9.69. The van der Waals surface area contributed by atoms with Crippen molar-refractivity contribution in [3.05, 3.63) is 65.4 Å². The monoisotopic (exact) mass is 476 g/mol. The molecular weight excluding hydrogens is 448 g/mol. The summed E-state index contributed by atoms with van der Waals surface area (Å²) in [7, 11) is 0. The Morgan fingerprint density at radius 2 is 1.88 bits per heavy atom. The number of hydrogen-bond acceptors (Lipinski definition) is 6. The highest BCUT2D eigenvalue weighted by Crippen LogP contribution is 2.31. The van der Waals surface area contributed by atoms with E-state index in [0.29, 0.717) is 25.1 Å². The number of likely N-dealkylation sites (tertiary alicyclic amines) is 1. The van der Waals surface area contributed by atoms with E-state index in [1.54, 1.807) is 12.4 Å². The van der Waals surface area contributed by atoms with E-state index in [1.807, 2.05) is 28.9 Å². The summed E-state index contributed by atoms with van der Waals surface area (Å²) in [6.45, 7) is 5.81. The van der Waals surface area contributed by atoms with E-state index in [2.05, 4.69) is 40.0 Å². The van der Waals surface area contributed by atoms with E-state index >= 15 is 0 Å². The molecule has 3 heterocycles. The SMILES string of the molecule is C[C@H]1CCCN1CCCOc1nn(Cc2ccc(Cl)cc2)c2ccc(-c3cnc(N)nc3)cc12. The highest BCUT2D eigenvalue weighted by Gasteiger charge is 2.19. The summed E-state index contributed by atoms with van der Waals surface area (Å²) < 4.78 is 8.22. The van der Waals surface area contributed by atoms with E-state index in [4.69, 9.17) is 27.2 Å². The van der Waals surface area contributed by atoms with Crippen molar-refractivity contribution < 1.29 is 4.74 Å². The first-order valence-electron chi connectivity index (χ1n) is 11.8. The van der Waals surface area contributed by atoms with Crippen LogP contribution in [0.5, 0.6) is 5.88 Å². The molecule has 5 rings (SSSR count). The highest BCUT2D eigenvalue weighted by atomic mass is 35.5. The number of benzene rings is 2. The van der Waals surface area contributed by atoms with Crippen molar-refractivity contribution in [3.63, 3.8) is 0 Å². The number of aromatic nitrogens is 4. The van der Waals surface area contributed by atoms with Crippen molar-refractivity contribution in [2.45, 2.75) is 38.8 Å². The van der Waals surface area contributed by atoms with Gasteiger partial charge in [0, 0.05) is 35.6 Å². The van der Waals surface area contributed by atoms with Gasteiger partial charge in [-0.15, -0.1) is 5.10 Å². The lowest BCUT2D eigenvalue weighted by Gasteiger charge is -2.20. The number of rotatable bonds is 8. The van der Waals surface area contributed by atoms with Crippen molar-refractivity contribution in [1.29, 1.82) is 0 Å². The Kier molecular flexibility index (Phi) is 6.65. The molecule has 4 aromatic rings. The van der Waals surface area contributed by atoms with Crippen molar-refractivity contribution in [2.24, 2.45) is 0 Å². The second-order valence-electron chi connectivity index (χ2n) is 8.88. The van der Waals surface area contributed by atoms with Gasteiger partial charge in [-0.3, -0.25) is 4.68 Å². The van der Waals surface area contributed by atoms with Crippen molar-refractivity contribution in [3.8, 4) is 17.0 Å². The summed E-state index contributed by atoms with van der Waals surface area (Å²) in [4.78, 5) is 10.8. The molecule has 0 aliphatic carbocycles. The maximum absolute atomic E-state index is 6.23. The van der Waals surface area contributed by atoms with Crippen LogP contribution in [0.2, 0.25) is 5.02 Å². The average molecular weight is 477 g/mol. The first-order valence-corrected chi connectivity index (χ1v) is 12.1. The quantitative estimate of drug-likeness (QED) is 0.359. The van der Waals surface area contributed by atoms with Gasteiger partial charge in [-0.1, -0.05) is 29.8 Å². The van der Waals surface area contributed by atoms with Crippen LogP contribution in [0.3, 0.4) is 0 Å². The van der Waals surface area contributed by atoms with Crippen LogP contribution in [-0.4, -0.2) is 50.4 Å². The number of halogens is 1. The van der Waals surface area contributed by atoms with Crippen LogP contribution in [0, 0.1) is 0 Å². The first-order chi connectivity index (χ1) is 16.6. The molecule has 0 radical (unpaired) electrons. The van der Waals surface area contributed by atoms with Gasteiger partial charge >= 0.3 is 0 Å². The lowest BCUT2D eigenvalue weighted by atomic mass is 10.1. The molecule has 2 aromatic heterocycles. The fraction of sp³-hybridized carbons (Fsp3) is 0.346. The molecule has 0 amide bonds. The van der Waals surface area contributed by atoms with Crippen LogP contribution in [-0.2, 0) is 6.54 Å². The molecule has 7 nitrogen and oxygen atoms in total. The number of fused-ring (bicyclic) bond motifs is 1. The van der Waals surface area contributed by atoms with E-state index in [-0.39, 0.29) is 5.95 Å². The minimum absolute atomic E-state index is 0.261. The van der Waals surface area contributed by atoms with Crippen molar-refractivity contribution in [1.82, 2.24) is 24.6 Å². The number of nitrogens with two attached hydrogens (primary N) is 1. The normalized spacial score (nSPS) is 16.4. The lowest BCUT2D eigenvalue weighted by Crippen LogP contribution is -2.28. The van der Waals surface area contributed by atoms with Crippen LogP contribution in [0.25, 0.3) is 22.0 Å². The second kappa shape index (κ2) is 9.99. The van der Waals surface area contributed by atoms with Gasteiger partial charge in [-0.25, -0.2) is 9.97 Å². The Morgan fingerprint density at radius 3 is 2.62 bits per heavy atom. The fourth-order valence-electron chi connectivity index (χ4n) is 4.57. The molecule has 1 atom stereocenters. The smallest absolute Gasteiger partial charge is 0.240 e. The predicted molar refractivity (Wildman–Crippen MR) is 136 cm³/mol. The van der Waals surface area contributed by atoms with Crippen molar-refractivity contribution in [2.75, 3.05) is 25.4 Å². The van der Waals surface area contributed by atoms with E-state index < -0.39 is 0 Å². The van der Waals surface area contributed by atoms with Gasteiger partial charge in [0.05, 0.1) is 24.1 Å². The van der Waals surface area contributed by atoms with Crippen LogP contribution in [0.15, 0.2) is 54.9 Å². The molecule has 2 aromatic carbocycles. The molecule has 1 saturated heterocycles. The van der Waals surface area contributed by atoms with Gasteiger partial charge in [0.2, 0.25) is 11.8 Å². The predicted octanol–water partition coefficient (Wildman–Crippen LogP) is 5.03. The number of nitrogens with zero attached hydrogens (tertiary/aromatic N) is 5. The molecule has 0 bridgehead atoms. The molecular formula is C26H29ClN6O. The van der Waals surface area contributed by atoms with Crippen LogP contribution in [0.4, 0.5) is 5.95 Å². The first kappa shape index (κ1) is 22.6. The Balaban J connectivity index is 1.40. The summed E-state index contributed by atoms with van der Waals surface area (Å²) in [5.74, 6) is 0.911. The molecule has 1 fully saturated rings. The fourth-order valence-corrected chi connectivity index (χ4v) is 4.69. The van der Waals surface area contributed by atoms with Gasteiger partial charge in [0.25, 0.3) is 0 Å². The lowest BCUT2D eigenvalue weighted by molar-refractivity contribution is 0.227. The zero-order valence-corrected chi connectivity index (χ0v) is 20.1. The standard InChI is InChI=1S/C26H29ClN6O/c1-18-4-2-11-32(18)12-3-13-34-25-23-14-20(21-15-29-26(28)30-16-21)7-10-24(23)33(31-25)17-19-5-8-22(27)9-6-19/h5-10,14-16,18H,2-4,11-13,17H2,1H3,(H2,28,29,30)/t18-/m0/s1. The maximum atomic E-state index is 6.23. The van der Waals surface area contributed by atoms with E-state index in [9.17, 15) is 0 Å². The van der Waals surface area contributed by atoms with Gasteiger partial charge in [0.15, 0.2) is 0 Å². The molecule has 34 heavy (non-hydrogen) atoms. The third kappa shape index (κ3) is 5.00. The number of ether oxygens (including phenoxy) is 1. The van der Waals surface area contributed by atoms with Crippen LogP contribution >= 0.6 is 11.6 Å². The summed E-state index contributed by atoms with van der Waals surface area (Å²) in [6.07, 6.45) is 7.03. The van der Waals surface area contributed by atoms with Gasteiger partial charge in [-0.05, 0) is 68.1 Å². The largest absolute Gasteiger partial charge is 0.476 e. The molecule has 0 saturated carbocycles. The van der Waals surface area contributed by atoms with Crippen LogP contribution in [0.1, 0.15) is 31.7 Å². The number of anilines is 1. The molecule has 1 aliphatic rings. The summed E-state index contributed by atoms with van der Waals surface area (Å²) in [6, 6.07) is 14.7. The zero-order valence-electron chi connectivity index (χ0n) is 19.3. The third-order valence-electron chi connectivity index (χ3n) is 6.49. The average Bonchev–Trinajstić information content (AvgIpc) is 3.41. The molecule has 1 aliphatic heterocycles. The maximum Gasteiger partial charge on any atom is 0.240 e. The van der Waals surface area contributed by atoms with E-state index in [0.717, 1.165) is 45.6 Å². The van der Waals surface area contributed by atoms with Crippen LogP contribution < -0.4 is 10.5 Å². The van der Waals surface area contributed by atoms with Gasteiger partial charge in [-0.2, -0.15) is 0 Å². The second-order valence-corrected chi connectivity index (χ2v) is 9.32. The molecule has 0 spiro atoms. The van der Waals surface area contributed by atoms with E-state index in [1.165, 1.54) is 19.4 Å². The Labute approximate surface area is 204 Å². The number of nitrogen functional groups attached to an aromatic ring is 1. The molecule has 176 valence electrons. The Morgan fingerprint density at radius 1 is 1.09 bits per heavy atom. The minimum atomic E-state index is 0.261. The molecule has 0 unspecified atom stereocenters. The molecule has 2 N–H and O–H groups in total. The zero-order chi connectivity index (χ0) is 23.5.